The van der Waals surface area contributed by atoms with Crippen LogP contribution in [0.15, 0.2) is 16.6 Å². The largest absolute Gasteiger partial charge is 0.493 e. The minimum absolute atomic E-state index is 0.394. The van der Waals surface area contributed by atoms with Gasteiger partial charge in [-0.25, -0.2) is 0 Å². The van der Waals surface area contributed by atoms with Gasteiger partial charge in [-0.05, 0) is 40.5 Å². The summed E-state index contributed by atoms with van der Waals surface area (Å²) in [4.78, 5) is 11.1. The first-order valence-electron chi connectivity index (χ1n) is 6.41. The van der Waals surface area contributed by atoms with Gasteiger partial charge in [0.1, 0.15) is 0 Å². The second kappa shape index (κ2) is 7.50. The molecule has 112 valence electrons. The molecule has 1 aromatic carbocycles. The molecule has 0 radical (unpaired) electrons. The van der Waals surface area contributed by atoms with E-state index in [-0.39, 0.29) is 0 Å². The molecule has 0 spiro atoms. The molecule has 0 aliphatic carbocycles. The fourth-order valence-corrected chi connectivity index (χ4v) is 2.13. The molecule has 0 heterocycles. The first kappa shape index (κ1) is 16.8. The van der Waals surface area contributed by atoms with Crippen molar-refractivity contribution in [3.8, 4) is 11.5 Å². The molecule has 0 aliphatic rings. The van der Waals surface area contributed by atoms with E-state index in [9.17, 15) is 4.79 Å². The van der Waals surface area contributed by atoms with Crippen molar-refractivity contribution in [1.82, 2.24) is 5.32 Å². The maximum Gasteiger partial charge on any atom is 0.258 e. The number of hydrogen-bond donors (Lipinski definition) is 2. The van der Waals surface area contributed by atoms with Gasteiger partial charge in [0.15, 0.2) is 17.6 Å². The van der Waals surface area contributed by atoms with E-state index in [0.717, 1.165) is 16.6 Å². The summed E-state index contributed by atoms with van der Waals surface area (Å²) in [5.74, 6) is 0.518. The molecule has 1 aromatic rings. The Balaban J connectivity index is 2.98. The second-order valence-electron chi connectivity index (χ2n) is 4.81. The van der Waals surface area contributed by atoms with Crippen LogP contribution < -0.4 is 20.5 Å². The van der Waals surface area contributed by atoms with Crippen LogP contribution in [0.1, 0.15) is 26.3 Å². The monoisotopic (exact) mass is 344 g/mol. The third-order valence-electron chi connectivity index (χ3n) is 2.70. The molecular weight excluding hydrogens is 324 g/mol. The lowest BCUT2D eigenvalue weighted by atomic mass is 10.2. The fraction of sp³-hybridized carbons (Fsp3) is 0.500. The lowest BCUT2D eigenvalue weighted by Gasteiger charge is -2.17. The molecule has 3 N–H and O–H groups in total. The van der Waals surface area contributed by atoms with Crippen LogP contribution in [0.3, 0.4) is 0 Å². The standard InChI is InChI=1S/C14H21BrN2O3/c1-8(2)17-7-10-5-11(15)13(12(6-10)19-4)20-9(3)14(16)18/h5-6,8-9,17H,7H2,1-4H3,(H2,16,18). The number of rotatable bonds is 7. The van der Waals surface area contributed by atoms with Crippen molar-refractivity contribution in [2.75, 3.05) is 7.11 Å². The van der Waals surface area contributed by atoms with E-state index in [1.54, 1.807) is 14.0 Å². The molecule has 1 rings (SSSR count). The molecule has 0 saturated heterocycles. The van der Waals surface area contributed by atoms with Crippen molar-refractivity contribution in [2.24, 2.45) is 5.73 Å². The van der Waals surface area contributed by atoms with Crippen LogP contribution in [0, 0.1) is 0 Å². The third kappa shape index (κ3) is 4.68. The Kier molecular flexibility index (Phi) is 6.29. The van der Waals surface area contributed by atoms with Gasteiger partial charge in [0, 0.05) is 12.6 Å². The predicted molar refractivity (Wildman–Crippen MR) is 82.0 cm³/mol. The topological polar surface area (TPSA) is 73.6 Å². The van der Waals surface area contributed by atoms with Crippen LogP contribution in [0.5, 0.6) is 11.5 Å². The molecular formula is C14H21BrN2O3. The van der Waals surface area contributed by atoms with Crippen molar-refractivity contribution in [1.29, 1.82) is 0 Å². The van der Waals surface area contributed by atoms with Crippen LogP contribution >= 0.6 is 15.9 Å². The molecule has 1 atom stereocenters. The summed E-state index contributed by atoms with van der Waals surface area (Å²) >= 11 is 3.44. The second-order valence-corrected chi connectivity index (χ2v) is 5.66. The van der Waals surface area contributed by atoms with Crippen LogP contribution in [0.4, 0.5) is 0 Å². The average Bonchev–Trinajstić information content (AvgIpc) is 2.38. The lowest BCUT2D eigenvalue weighted by molar-refractivity contribution is -0.124. The maximum absolute atomic E-state index is 11.1. The molecule has 0 aliphatic heterocycles. The van der Waals surface area contributed by atoms with E-state index < -0.39 is 12.0 Å². The van der Waals surface area contributed by atoms with Crippen molar-refractivity contribution in [2.45, 2.75) is 39.5 Å². The Labute approximate surface area is 127 Å². The molecule has 1 unspecified atom stereocenters. The van der Waals surface area contributed by atoms with Crippen molar-refractivity contribution < 1.29 is 14.3 Å². The fourth-order valence-electron chi connectivity index (χ4n) is 1.55. The molecule has 0 fully saturated rings. The zero-order chi connectivity index (χ0) is 15.3. The van der Waals surface area contributed by atoms with Gasteiger partial charge >= 0.3 is 0 Å². The SMILES string of the molecule is COc1cc(CNC(C)C)cc(Br)c1OC(C)C(N)=O. The number of halogens is 1. The number of ether oxygens (including phenoxy) is 2. The number of nitrogens with one attached hydrogen (secondary N) is 1. The van der Waals surface area contributed by atoms with Gasteiger partial charge in [-0.15, -0.1) is 0 Å². The number of methoxy groups -OCH3 is 1. The zero-order valence-electron chi connectivity index (χ0n) is 12.2. The minimum atomic E-state index is -0.722. The normalized spacial score (nSPS) is 12.3. The van der Waals surface area contributed by atoms with Crippen LogP contribution in [-0.4, -0.2) is 25.2 Å². The van der Waals surface area contributed by atoms with Gasteiger partial charge in [0.2, 0.25) is 0 Å². The molecule has 5 nitrogen and oxygen atoms in total. The Morgan fingerprint density at radius 3 is 2.55 bits per heavy atom. The average molecular weight is 345 g/mol. The van der Waals surface area contributed by atoms with Gasteiger partial charge in [0.25, 0.3) is 5.91 Å². The van der Waals surface area contributed by atoms with Gasteiger partial charge in [-0.3, -0.25) is 4.79 Å². The summed E-state index contributed by atoms with van der Waals surface area (Å²) in [5, 5.41) is 3.33. The number of primary amides is 1. The van der Waals surface area contributed by atoms with E-state index in [0.29, 0.717) is 17.5 Å². The highest BCUT2D eigenvalue weighted by molar-refractivity contribution is 9.10. The highest BCUT2D eigenvalue weighted by Crippen LogP contribution is 2.37. The number of benzene rings is 1. The summed E-state index contributed by atoms with van der Waals surface area (Å²) in [6, 6.07) is 4.20. The number of hydrogen-bond acceptors (Lipinski definition) is 4. The van der Waals surface area contributed by atoms with E-state index in [1.165, 1.54) is 0 Å². The van der Waals surface area contributed by atoms with Gasteiger partial charge < -0.3 is 20.5 Å². The van der Waals surface area contributed by atoms with Crippen LogP contribution in [-0.2, 0) is 11.3 Å². The minimum Gasteiger partial charge on any atom is -0.493 e. The smallest absolute Gasteiger partial charge is 0.258 e. The summed E-state index contributed by atoms with van der Waals surface area (Å²) < 4.78 is 11.6. The van der Waals surface area contributed by atoms with Gasteiger partial charge in [-0.1, -0.05) is 13.8 Å². The Morgan fingerprint density at radius 1 is 1.40 bits per heavy atom. The highest BCUT2D eigenvalue weighted by atomic mass is 79.9. The summed E-state index contributed by atoms with van der Waals surface area (Å²) in [6.45, 7) is 6.48. The van der Waals surface area contributed by atoms with E-state index in [2.05, 4.69) is 35.1 Å². The Bertz CT molecular complexity index is 478. The first-order chi connectivity index (χ1) is 9.35. The molecule has 0 bridgehead atoms. The predicted octanol–water partition coefficient (Wildman–Crippen LogP) is 2.21. The van der Waals surface area contributed by atoms with Crippen LogP contribution in [0.2, 0.25) is 0 Å². The highest BCUT2D eigenvalue weighted by Gasteiger charge is 2.17. The van der Waals surface area contributed by atoms with E-state index >= 15 is 0 Å². The van der Waals surface area contributed by atoms with Gasteiger partial charge in [0.05, 0.1) is 11.6 Å². The van der Waals surface area contributed by atoms with Crippen molar-refractivity contribution in [3.05, 3.63) is 22.2 Å². The molecule has 1 amide bonds. The summed E-state index contributed by atoms with van der Waals surface area (Å²) in [6.07, 6.45) is -0.722. The first-order valence-corrected chi connectivity index (χ1v) is 7.20. The number of nitrogens with two attached hydrogens (primary N) is 1. The molecule has 0 aromatic heterocycles. The van der Waals surface area contributed by atoms with Crippen LogP contribution in [0.25, 0.3) is 0 Å². The maximum atomic E-state index is 11.1. The van der Waals surface area contributed by atoms with Crippen molar-refractivity contribution >= 4 is 21.8 Å². The molecule has 20 heavy (non-hydrogen) atoms. The van der Waals surface area contributed by atoms with Gasteiger partial charge in [-0.2, -0.15) is 0 Å². The summed E-state index contributed by atoms with van der Waals surface area (Å²) in [7, 11) is 1.56. The summed E-state index contributed by atoms with van der Waals surface area (Å²) in [5.41, 5.74) is 6.26. The van der Waals surface area contributed by atoms with E-state index in [1.807, 2.05) is 12.1 Å². The Hall–Kier alpha value is -1.27. The lowest BCUT2D eigenvalue weighted by Crippen LogP contribution is -2.31. The molecule has 0 saturated carbocycles. The Morgan fingerprint density at radius 2 is 2.05 bits per heavy atom. The number of carbonyl (C=O) groups excluding carboxylic acids is 1. The third-order valence-corrected chi connectivity index (χ3v) is 3.29. The number of carbonyl (C=O) groups is 1. The van der Waals surface area contributed by atoms with Crippen molar-refractivity contribution in [3.63, 3.8) is 0 Å². The number of amides is 1. The van der Waals surface area contributed by atoms with E-state index in [4.69, 9.17) is 15.2 Å². The quantitative estimate of drug-likeness (QED) is 0.795. The molecule has 6 heteroatoms. The zero-order valence-corrected chi connectivity index (χ0v) is 13.8.